The maximum absolute atomic E-state index is 13.9. The highest BCUT2D eigenvalue weighted by Gasteiger charge is 2.57. The Morgan fingerprint density at radius 3 is 2.44 bits per heavy atom. The van der Waals surface area contributed by atoms with E-state index in [4.69, 9.17) is 4.74 Å². The van der Waals surface area contributed by atoms with Crippen LogP contribution in [0, 0.1) is 23.6 Å². The van der Waals surface area contributed by atoms with Crippen LogP contribution >= 0.6 is 0 Å². The van der Waals surface area contributed by atoms with Crippen molar-refractivity contribution >= 4 is 17.8 Å². The smallest absolute Gasteiger partial charge is 0.325 e. The molecule has 3 aliphatic heterocycles. The Balaban J connectivity index is 1.35. The maximum Gasteiger partial charge on any atom is 0.325 e. The molecule has 0 saturated carbocycles. The fourth-order valence-corrected chi connectivity index (χ4v) is 5.44. The van der Waals surface area contributed by atoms with Gasteiger partial charge in [-0.15, -0.1) is 0 Å². The molecule has 2 atom stereocenters. The van der Waals surface area contributed by atoms with Crippen LogP contribution < -0.4 is 5.32 Å². The third-order valence-electron chi connectivity index (χ3n) is 7.38. The Kier molecular flexibility index (Phi) is 6.75. The monoisotopic (exact) mass is 489 g/mol. The second-order valence-corrected chi connectivity index (χ2v) is 9.58. The third kappa shape index (κ3) is 4.71. The van der Waals surface area contributed by atoms with Crippen LogP contribution in [0.2, 0.25) is 0 Å². The Hall–Kier alpha value is -3.70. The number of piperidine rings is 1. The number of amides is 4. The third-order valence-corrected chi connectivity index (χ3v) is 7.38. The lowest BCUT2D eigenvalue weighted by molar-refractivity contribution is -0.136. The van der Waals surface area contributed by atoms with Crippen LogP contribution in [-0.2, 0) is 20.7 Å². The molecule has 186 valence electrons. The summed E-state index contributed by atoms with van der Waals surface area (Å²) in [5.74, 6) is 4.55. The quantitative estimate of drug-likeness (QED) is 0.529. The van der Waals surface area contributed by atoms with Gasteiger partial charge in [0.2, 0.25) is 0 Å². The van der Waals surface area contributed by atoms with E-state index in [1.54, 1.807) is 17.0 Å². The van der Waals surface area contributed by atoms with E-state index >= 15 is 0 Å². The van der Waals surface area contributed by atoms with E-state index in [9.17, 15) is 18.8 Å². The average Bonchev–Trinajstić information content (AvgIpc) is 3.51. The van der Waals surface area contributed by atoms with E-state index in [2.05, 4.69) is 17.2 Å². The first-order valence-electron chi connectivity index (χ1n) is 12.3. The van der Waals surface area contributed by atoms with Gasteiger partial charge in [0.15, 0.2) is 0 Å². The number of halogens is 1. The van der Waals surface area contributed by atoms with E-state index in [0.717, 1.165) is 11.1 Å². The molecule has 3 saturated heterocycles. The first-order chi connectivity index (χ1) is 17.5. The van der Waals surface area contributed by atoms with Crippen molar-refractivity contribution in [3.05, 3.63) is 71.5 Å². The van der Waals surface area contributed by atoms with Crippen LogP contribution in [0.1, 0.15) is 30.4 Å². The molecule has 7 nitrogen and oxygen atoms in total. The second kappa shape index (κ2) is 10.1. The van der Waals surface area contributed by atoms with Crippen molar-refractivity contribution in [2.45, 2.75) is 37.3 Å². The molecule has 0 bridgehead atoms. The number of nitrogens with zero attached hydrogens (tertiary/aromatic N) is 2. The molecule has 3 fully saturated rings. The van der Waals surface area contributed by atoms with E-state index < -0.39 is 11.6 Å². The van der Waals surface area contributed by atoms with Crippen molar-refractivity contribution in [2.24, 2.45) is 5.92 Å². The minimum absolute atomic E-state index is 0.183. The lowest BCUT2D eigenvalue weighted by Crippen LogP contribution is -2.58. The van der Waals surface area contributed by atoms with Gasteiger partial charge in [-0.3, -0.25) is 14.5 Å². The number of benzene rings is 2. The number of carbonyl (C=O) groups is 3. The van der Waals surface area contributed by atoms with Crippen molar-refractivity contribution in [1.82, 2.24) is 15.1 Å². The molecular formula is C28H28FN3O4. The van der Waals surface area contributed by atoms with Crippen molar-refractivity contribution in [2.75, 3.05) is 26.3 Å². The van der Waals surface area contributed by atoms with Crippen molar-refractivity contribution in [3.8, 4) is 11.8 Å². The van der Waals surface area contributed by atoms with E-state index in [1.165, 1.54) is 17.0 Å². The minimum atomic E-state index is -1.15. The SMILES string of the molecule is O=C(C#Cc1ccccc1)N1CCC([C@@]2(Cc3ccc(F)cc3)NC(=O)N([C@@H]3CCOC3)C2=O)CC1. The summed E-state index contributed by atoms with van der Waals surface area (Å²) in [6.45, 7) is 1.72. The number of likely N-dealkylation sites (tertiary alicyclic amines) is 1. The fourth-order valence-electron chi connectivity index (χ4n) is 5.44. The van der Waals surface area contributed by atoms with Crippen LogP contribution in [0.4, 0.5) is 9.18 Å². The predicted octanol–water partition coefficient (Wildman–Crippen LogP) is 2.74. The molecule has 2 aromatic carbocycles. The molecule has 0 radical (unpaired) electrons. The van der Waals surface area contributed by atoms with Crippen LogP contribution in [0.15, 0.2) is 54.6 Å². The largest absolute Gasteiger partial charge is 0.379 e. The lowest BCUT2D eigenvalue weighted by atomic mass is 9.73. The molecule has 0 unspecified atom stereocenters. The van der Waals surface area contributed by atoms with Crippen LogP contribution in [0.3, 0.4) is 0 Å². The highest BCUT2D eigenvalue weighted by Crippen LogP contribution is 2.38. The summed E-state index contributed by atoms with van der Waals surface area (Å²) >= 11 is 0. The molecule has 3 aliphatic rings. The summed E-state index contributed by atoms with van der Waals surface area (Å²) in [7, 11) is 0. The number of nitrogens with one attached hydrogen (secondary N) is 1. The summed E-state index contributed by atoms with van der Waals surface area (Å²) in [6.07, 6.45) is 1.95. The van der Waals surface area contributed by atoms with Crippen molar-refractivity contribution in [1.29, 1.82) is 0 Å². The Bertz CT molecular complexity index is 1190. The molecule has 0 spiro atoms. The summed E-state index contributed by atoms with van der Waals surface area (Å²) in [4.78, 5) is 42.7. The lowest BCUT2D eigenvalue weighted by Gasteiger charge is -2.40. The topological polar surface area (TPSA) is 79.0 Å². The molecule has 1 N–H and O–H groups in total. The van der Waals surface area contributed by atoms with E-state index in [0.29, 0.717) is 45.6 Å². The number of urea groups is 1. The van der Waals surface area contributed by atoms with Crippen LogP contribution in [0.5, 0.6) is 0 Å². The molecule has 4 amide bonds. The predicted molar refractivity (Wildman–Crippen MR) is 130 cm³/mol. The van der Waals surface area contributed by atoms with Gasteiger partial charge in [0.25, 0.3) is 11.8 Å². The Labute approximate surface area is 209 Å². The van der Waals surface area contributed by atoms with Gasteiger partial charge in [0, 0.05) is 37.6 Å². The molecule has 3 heterocycles. The molecule has 36 heavy (non-hydrogen) atoms. The second-order valence-electron chi connectivity index (χ2n) is 9.58. The molecule has 5 rings (SSSR count). The zero-order valence-corrected chi connectivity index (χ0v) is 19.9. The highest BCUT2D eigenvalue weighted by molar-refractivity contribution is 6.08. The standard InChI is InChI=1S/C28H28FN3O4/c29-23-9-6-21(7-10-23)18-28(26(34)32(27(35)30-28)24-14-17-36-19-24)22-12-15-31(16-13-22)25(33)11-8-20-4-2-1-3-5-20/h1-7,9-10,22,24H,12-19H2,(H,30,35)/t24-,28-/m1/s1. The summed E-state index contributed by atoms with van der Waals surface area (Å²) in [6, 6.07) is 14.6. The number of imide groups is 1. The first-order valence-corrected chi connectivity index (χ1v) is 12.3. The molecule has 2 aromatic rings. The van der Waals surface area contributed by atoms with Gasteiger partial charge in [-0.25, -0.2) is 9.18 Å². The summed E-state index contributed by atoms with van der Waals surface area (Å²) < 4.78 is 19.0. The zero-order chi connectivity index (χ0) is 25.1. The fraction of sp³-hybridized carbons (Fsp3) is 0.393. The number of rotatable bonds is 4. The van der Waals surface area contributed by atoms with Gasteiger partial charge in [0.1, 0.15) is 11.4 Å². The van der Waals surface area contributed by atoms with Crippen molar-refractivity contribution < 1.29 is 23.5 Å². The van der Waals surface area contributed by atoms with Gasteiger partial charge in [-0.1, -0.05) is 36.3 Å². The molecule has 8 heteroatoms. The number of hydrogen-bond acceptors (Lipinski definition) is 4. The number of hydrogen-bond donors (Lipinski definition) is 1. The number of ether oxygens (including phenoxy) is 1. The number of carbonyl (C=O) groups excluding carboxylic acids is 3. The highest BCUT2D eigenvalue weighted by atomic mass is 19.1. The van der Waals surface area contributed by atoms with Gasteiger partial charge in [0.05, 0.1) is 12.6 Å². The molecular weight excluding hydrogens is 461 g/mol. The first kappa shape index (κ1) is 24.0. The van der Waals surface area contributed by atoms with Gasteiger partial charge < -0.3 is 15.0 Å². The minimum Gasteiger partial charge on any atom is -0.379 e. The van der Waals surface area contributed by atoms with Gasteiger partial charge in [-0.05, 0) is 55.0 Å². The summed E-state index contributed by atoms with van der Waals surface area (Å²) in [5, 5.41) is 3.02. The van der Waals surface area contributed by atoms with Crippen molar-refractivity contribution in [3.63, 3.8) is 0 Å². The van der Waals surface area contributed by atoms with Crippen LogP contribution in [-0.4, -0.2) is 65.5 Å². The molecule has 0 aliphatic carbocycles. The Morgan fingerprint density at radius 2 is 1.78 bits per heavy atom. The normalized spacial score (nSPS) is 24.4. The zero-order valence-electron chi connectivity index (χ0n) is 19.9. The van der Waals surface area contributed by atoms with E-state index in [1.807, 2.05) is 30.3 Å². The average molecular weight is 490 g/mol. The van der Waals surface area contributed by atoms with E-state index in [-0.39, 0.29) is 36.0 Å². The maximum atomic E-state index is 13.9. The van der Waals surface area contributed by atoms with Crippen LogP contribution in [0.25, 0.3) is 0 Å². The van der Waals surface area contributed by atoms with Gasteiger partial charge >= 0.3 is 6.03 Å². The molecule has 0 aromatic heterocycles. The van der Waals surface area contributed by atoms with Gasteiger partial charge in [-0.2, -0.15) is 0 Å². The summed E-state index contributed by atoms with van der Waals surface area (Å²) in [5.41, 5.74) is 0.388. The Morgan fingerprint density at radius 1 is 1.06 bits per heavy atom.